The van der Waals surface area contributed by atoms with Gasteiger partial charge in [-0.25, -0.2) is 0 Å². The molecule has 1 saturated heterocycles. The first-order valence-corrected chi connectivity index (χ1v) is 11.5. The average Bonchev–Trinajstić information content (AvgIpc) is 2.78. The Kier molecular flexibility index (Phi) is 5.34. The number of hydrogen-bond donors (Lipinski definition) is 1. The van der Waals surface area contributed by atoms with Crippen LogP contribution < -0.4 is 11.1 Å². The summed E-state index contributed by atoms with van der Waals surface area (Å²) < 4.78 is 3.23. The first kappa shape index (κ1) is 20.6. The molecule has 1 amide bonds. The predicted molar refractivity (Wildman–Crippen MR) is 120 cm³/mol. The second-order valence-corrected chi connectivity index (χ2v) is 9.13. The molecule has 2 bridgehead atoms. The predicted octanol–water partition coefficient (Wildman–Crippen LogP) is 1.84. The number of fused-ring (bicyclic) bond motifs is 4. The number of pyridine rings is 1. The lowest BCUT2D eigenvalue weighted by molar-refractivity contribution is -0.131. The molecule has 2 aliphatic heterocycles. The standard InChI is InChI=1S/C23H22N4O4S/c28-19-10-21(30)27(17-5-2-1-3-6-17)23(24-19)32-14-22(31)25-11-15-9-16(13-25)18-7-4-8-20(29)26(18)12-15/h1-8,10,15-16,28H,9,11-14H2/t15-,16+/m1/s1. The van der Waals surface area contributed by atoms with E-state index in [4.69, 9.17) is 0 Å². The monoisotopic (exact) mass is 450 g/mol. The molecule has 2 aliphatic rings. The van der Waals surface area contributed by atoms with Crippen LogP contribution in [0.4, 0.5) is 0 Å². The van der Waals surface area contributed by atoms with E-state index in [0.29, 0.717) is 25.3 Å². The number of thioether (sulfide) groups is 1. The van der Waals surface area contributed by atoms with Crippen molar-refractivity contribution < 1.29 is 9.90 Å². The molecule has 0 radical (unpaired) electrons. The van der Waals surface area contributed by atoms with E-state index in [1.165, 1.54) is 4.57 Å². The number of amides is 1. The number of aromatic nitrogens is 3. The van der Waals surface area contributed by atoms with Crippen LogP contribution in [0.5, 0.6) is 5.88 Å². The third kappa shape index (κ3) is 3.84. The Balaban J connectivity index is 1.34. The minimum atomic E-state index is -0.409. The van der Waals surface area contributed by atoms with Crippen LogP contribution in [-0.2, 0) is 11.3 Å². The molecule has 2 aromatic heterocycles. The van der Waals surface area contributed by atoms with E-state index < -0.39 is 5.56 Å². The number of likely N-dealkylation sites (tertiary alicyclic amines) is 1. The number of aromatic hydroxyl groups is 1. The molecule has 32 heavy (non-hydrogen) atoms. The number of nitrogens with zero attached hydrogens (tertiary/aromatic N) is 4. The van der Waals surface area contributed by atoms with Crippen molar-refractivity contribution in [2.75, 3.05) is 18.8 Å². The molecule has 164 valence electrons. The van der Waals surface area contributed by atoms with Crippen molar-refractivity contribution in [3.8, 4) is 11.6 Å². The molecule has 9 heteroatoms. The van der Waals surface area contributed by atoms with Crippen molar-refractivity contribution >= 4 is 17.7 Å². The van der Waals surface area contributed by atoms with Gasteiger partial charge in [0.1, 0.15) is 0 Å². The van der Waals surface area contributed by atoms with E-state index >= 15 is 0 Å². The number of benzene rings is 1. The Hall–Kier alpha value is -3.33. The van der Waals surface area contributed by atoms with Crippen LogP contribution in [0, 0.1) is 5.92 Å². The van der Waals surface area contributed by atoms with Gasteiger partial charge >= 0.3 is 0 Å². The van der Waals surface area contributed by atoms with E-state index in [-0.39, 0.29) is 40.1 Å². The van der Waals surface area contributed by atoms with Crippen molar-refractivity contribution in [1.82, 2.24) is 19.0 Å². The van der Waals surface area contributed by atoms with E-state index in [2.05, 4.69) is 4.98 Å². The zero-order chi connectivity index (χ0) is 22.2. The van der Waals surface area contributed by atoms with Crippen molar-refractivity contribution in [2.24, 2.45) is 5.92 Å². The van der Waals surface area contributed by atoms with Crippen molar-refractivity contribution in [1.29, 1.82) is 0 Å². The second-order valence-electron chi connectivity index (χ2n) is 8.19. The van der Waals surface area contributed by atoms with Gasteiger partial charge in [-0.05, 0) is 30.5 Å². The number of carbonyl (C=O) groups excluding carboxylic acids is 1. The quantitative estimate of drug-likeness (QED) is 0.481. The fourth-order valence-electron chi connectivity index (χ4n) is 4.68. The molecule has 4 heterocycles. The molecule has 1 fully saturated rings. The molecule has 0 saturated carbocycles. The number of hydrogen-bond acceptors (Lipinski definition) is 6. The van der Waals surface area contributed by atoms with Gasteiger partial charge in [-0.15, -0.1) is 0 Å². The Labute approximate surface area is 188 Å². The molecular weight excluding hydrogens is 428 g/mol. The van der Waals surface area contributed by atoms with Crippen LogP contribution in [0.1, 0.15) is 18.0 Å². The highest BCUT2D eigenvalue weighted by atomic mass is 32.2. The van der Waals surface area contributed by atoms with Crippen molar-refractivity contribution in [3.63, 3.8) is 0 Å². The van der Waals surface area contributed by atoms with Crippen LogP contribution in [0.25, 0.3) is 5.69 Å². The number of rotatable bonds is 4. The molecule has 1 aromatic carbocycles. The maximum absolute atomic E-state index is 13.1. The highest BCUT2D eigenvalue weighted by Gasteiger charge is 2.36. The van der Waals surface area contributed by atoms with Gasteiger partial charge in [0, 0.05) is 37.3 Å². The van der Waals surface area contributed by atoms with Crippen molar-refractivity contribution in [2.45, 2.75) is 24.0 Å². The molecular formula is C23H22N4O4S. The zero-order valence-corrected chi connectivity index (χ0v) is 18.1. The molecule has 0 aliphatic carbocycles. The summed E-state index contributed by atoms with van der Waals surface area (Å²) in [6.07, 6.45) is 0.974. The third-order valence-electron chi connectivity index (χ3n) is 6.05. The van der Waals surface area contributed by atoms with Gasteiger partial charge < -0.3 is 14.6 Å². The minimum absolute atomic E-state index is 0.0152. The smallest absolute Gasteiger partial charge is 0.262 e. The van der Waals surface area contributed by atoms with E-state index in [9.17, 15) is 19.5 Å². The van der Waals surface area contributed by atoms with Crippen LogP contribution >= 0.6 is 11.8 Å². The fraction of sp³-hybridized carbons (Fsp3) is 0.304. The Bertz CT molecular complexity index is 1290. The number of piperidine rings is 1. The highest BCUT2D eigenvalue weighted by molar-refractivity contribution is 7.99. The van der Waals surface area contributed by atoms with Gasteiger partial charge in [-0.3, -0.25) is 19.0 Å². The summed E-state index contributed by atoms with van der Waals surface area (Å²) in [4.78, 5) is 43.7. The van der Waals surface area contributed by atoms with Gasteiger partial charge in [0.15, 0.2) is 5.16 Å². The Morgan fingerprint density at radius 1 is 1.03 bits per heavy atom. The summed E-state index contributed by atoms with van der Waals surface area (Å²) in [6.45, 7) is 1.80. The summed E-state index contributed by atoms with van der Waals surface area (Å²) in [5.74, 6) is 0.0767. The number of carbonyl (C=O) groups is 1. The maximum Gasteiger partial charge on any atom is 0.262 e. The molecule has 8 nitrogen and oxygen atoms in total. The molecule has 0 spiro atoms. The van der Waals surface area contributed by atoms with Crippen LogP contribution in [0.3, 0.4) is 0 Å². The summed E-state index contributed by atoms with van der Waals surface area (Å²) >= 11 is 1.13. The summed E-state index contributed by atoms with van der Waals surface area (Å²) in [5.41, 5.74) is 1.22. The normalized spacial score (nSPS) is 19.4. The van der Waals surface area contributed by atoms with E-state index in [0.717, 1.165) is 29.9 Å². The summed E-state index contributed by atoms with van der Waals surface area (Å²) in [5, 5.41) is 10.1. The minimum Gasteiger partial charge on any atom is -0.493 e. The Morgan fingerprint density at radius 3 is 2.66 bits per heavy atom. The second kappa shape index (κ2) is 8.31. The largest absolute Gasteiger partial charge is 0.493 e. The molecule has 0 unspecified atom stereocenters. The van der Waals surface area contributed by atoms with Gasteiger partial charge in [0.05, 0.1) is 17.5 Å². The van der Waals surface area contributed by atoms with Crippen LogP contribution in [-0.4, -0.2) is 48.9 Å². The first-order valence-electron chi connectivity index (χ1n) is 10.5. The lowest BCUT2D eigenvalue weighted by Crippen LogP contribution is -2.49. The lowest BCUT2D eigenvalue weighted by Gasteiger charge is -2.42. The number of para-hydroxylation sites is 1. The average molecular weight is 451 g/mol. The molecule has 3 aromatic rings. The topological polar surface area (TPSA) is 97.4 Å². The highest BCUT2D eigenvalue weighted by Crippen LogP contribution is 2.35. The van der Waals surface area contributed by atoms with Crippen LogP contribution in [0.2, 0.25) is 0 Å². The SMILES string of the molecule is O=C(CSc1nc(O)cc(=O)n1-c1ccccc1)N1C[C@H]2C[C@@H](C1)c1cccc(=O)n1C2. The van der Waals surface area contributed by atoms with E-state index in [1.54, 1.807) is 24.3 Å². The van der Waals surface area contributed by atoms with Gasteiger partial charge in [-0.1, -0.05) is 36.0 Å². The molecule has 5 rings (SSSR count). The summed E-state index contributed by atoms with van der Waals surface area (Å²) in [7, 11) is 0. The lowest BCUT2D eigenvalue weighted by atomic mass is 9.83. The molecule has 1 N–H and O–H groups in total. The third-order valence-corrected chi connectivity index (χ3v) is 6.97. The van der Waals surface area contributed by atoms with E-state index in [1.807, 2.05) is 33.7 Å². The van der Waals surface area contributed by atoms with Gasteiger partial charge in [0.2, 0.25) is 11.8 Å². The van der Waals surface area contributed by atoms with Crippen LogP contribution in [0.15, 0.2) is 69.3 Å². The maximum atomic E-state index is 13.1. The van der Waals surface area contributed by atoms with Gasteiger partial charge in [0.25, 0.3) is 11.1 Å². The summed E-state index contributed by atoms with van der Waals surface area (Å²) in [6, 6.07) is 15.4. The molecule has 2 atom stereocenters. The van der Waals surface area contributed by atoms with Crippen molar-refractivity contribution in [3.05, 3.63) is 81.0 Å². The first-order chi connectivity index (χ1) is 15.5. The zero-order valence-electron chi connectivity index (χ0n) is 17.3. The fourth-order valence-corrected chi connectivity index (χ4v) is 5.60. The van der Waals surface area contributed by atoms with Gasteiger partial charge in [-0.2, -0.15) is 4.98 Å². The Morgan fingerprint density at radius 2 is 1.84 bits per heavy atom.